The highest BCUT2D eigenvalue weighted by Gasteiger charge is 2.31. The second-order valence-corrected chi connectivity index (χ2v) is 4.97. The molecule has 0 amide bonds. The fourth-order valence-corrected chi connectivity index (χ4v) is 2.75. The summed E-state index contributed by atoms with van der Waals surface area (Å²) in [5, 5.41) is 9.19. The Bertz CT molecular complexity index is 187. The first-order valence-corrected chi connectivity index (χ1v) is 5.77. The van der Waals surface area contributed by atoms with Crippen LogP contribution in [0.25, 0.3) is 0 Å². The normalized spacial score (nSPS) is 28.0. The standard InChI is InChI=1S/C11H25N3O/c1-13(2)11(10(12)8-15)9-5-4-6-14(3)7-9/h9-11,15H,4-8,12H2,1-3H3. The van der Waals surface area contributed by atoms with E-state index in [1.165, 1.54) is 19.4 Å². The van der Waals surface area contributed by atoms with Gasteiger partial charge in [0.05, 0.1) is 6.61 Å². The highest BCUT2D eigenvalue weighted by Crippen LogP contribution is 2.22. The van der Waals surface area contributed by atoms with Crippen LogP contribution in [0.4, 0.5) is 0 Å². The van der Waals surface area contributed by atoms with Crippen LogP contribution in [-0.4, -0.2) is 67.8 Å². The Kier molecular flexibility index (Phi) is 4.99. The number of piperidine rings is 1. The van der Waals surface area contributed by atoms with Crippen molar-refractivity contribution in [3.8, 4) is 0 Å². The molecule has 1 rings (SSSR count). The van der Waals surface area contributed by atoms with Gasteiger partial charge in [-0.15, -0.1) is 0 Å². The second-order valence-electron chi connectivity index (χ2n) is 4.97. The third kappa shape index (κ3) is 3.41. The Hall–Kier alpha value is -0.160. The van der Waals surface area contributed by atoms with E-state index in [9.17, 15) is 5.11 Å². The minimum Gasteiger partial charge on any atom is -0.395 e. The van der Waals surface area contributed by atoms with Crippen molar-refractivity contribution in [2.45, 2.75) is 24.9 Å². The van der Waals surface area contributed by atoms with Gasteiger partial charge in [0.25, 0.3) is 0 Å². The third-order valence-electron chi connectivity index (χ3n) is 3.39. The number of likely N-dealkylation sites (tertiary alicyclic amines) is 1. The Morgan fingerprint density at radius 1 is 1.53 bits per heavy atom. The molecular weight excluding hydrogens is 190 g/mol. The van der Waals surface area contributed by atoms with E-state index in [0.717, 1.165) is 6.54 Å². The van der Waals surface area contributed by atoms with Gasteiger partial charge in [-0.1, -0.05) is 0 Å². The lowest BCUT2D eigenvalue weighted by atomic mass is 9.86. The molecular formula is C11H25N3O. The van der Waals surface area contributed by atoms with Gasteiger partial charge in [-0.3, -0.25) is 0 Å². The number of aliphatic hydroxyl groups is 1. The van der Waals surface area contributed by atoms with E-state index in [-0.39, 0.29) is 18.7 Å². The first-order chi connectivity index (χ1) is 7.06. The number of hydrogen-bond donors (Lipinski definition) is 2. The average Bonchev–Trinajstić information content (AvgIpc) is 2.17. The predicted octanol–water partition coefficient (Wildman–Crippen LogP) is -0.422. The van der Waals surface area contributed by atoms with E-state index in [2.05, 4.69) is 30.9 Å². The third-order valence-corrected chi connectivity index (χ3v) is 3.39. The Morgan fingerprint density at radius 3 is 2.67 bits per heavy atom. The molecule has 1 fully saturated rings. The molecule has 0 radical (unpaired) electrons. The zero-order valence-electron chi connectivity index (χ0n) is 10.2. The summed E-state index contributed by atoms with van der Waals surface area (Å²) in [5.74, 6) is 0.584. The number of likely N-dealkylation sites (N-methyl/N-ethyl adjacent to an activating group) is 1. The van der Waals surface area contributed by atoms with E-state index < -0.39 is 0 Å². The molecule has 15 heavy (non-hydrogen) atoms. The lowest BCUT2D eigenvalue weighted by molar-refractivity contribution is 0.0854. The van der Waals surface area contributed by atoms with Crippen LogP contribution in [0.1, 0.15) is 12.8 Å². The number of rotatable bonds is 4. The molecule has 90 valence electrons. The Balaban J connectivity index is 2.62. The van der Waals surface area contributed by atoms with Gasteiger partial charge in [0, 0.05) is 18.6 Å². The smallest absolute Gasteiger partial charge is 0.0597 e. The monoisotopic (exact) mass is 215 g/mol. The molecule has 0 aromatic heterocycles. The van der Waals surface area contributed by atoms with Crippen molar-refractivity contribution in [2.24, 2.45) is 11.7 Å². The van der Waals surface area contributed by atoms with Gasteiger partial charge in [0.1, 0.15) is 0 Å². The maximum atomic E-state index is 9.19. The van der Waals surface area contributed by atoms with E-state index in [1.54, 1.807) is 0 Å². The van der Waals surface area contributed by atoms with Gasteiger partial charge in [0.2, 0.25) is 0 Å². The summed E-state index contributed by atoms with van der Waals surface area (Å²) in [6.07, 6.45) is 2.46. The molecule has 0 saturated carbocycles. The molecule has 3 unspecified atom stereocenters. The lowest BCUT2D eigenvalue weighted by Gasteiger charge is -2.40. The molecule has 4 heteroatoms. The van der Waals surface area contributed by atoms with Gasteiger partial charge in [-0.2, -0.15) is 0 Å². The van der Waals surface area contributed by atoms with Crippen LogP contribution in [-0.2, 0) is 0 Å². The van der Waals surface area contributed by atoms with Gasteiger partial charge >= 0.3 is 0 Å². The molecule has 0 aromatic carbocycles. The molecule has 0 bridgehead atoms. The number of aliphatic hydroxyl groups excluding tert-OH is 1. The van der Waals surface area contributed by atoms with Crippen LogP contribution in [0, 0.1) is 5.92 Å². The second kappa shape index (κ2) is 5.80. The van der Waals surface area contributed by atoms with Crippen molar-refractivity contribution in [3.05, 3.63) is 0 Å². The van der Waals surface area contributed by atoms with Crippen molar-refractivity contribution < 1.29 is 5.11 Å². The van der Waals surface area contributed by atoms with Crippen LogP contribution in [0.3, 0.4) is 0 Å². The quantitative estimate of drug-likeness (QED) is 0.669. The molecule has 0 aromatic rings. The molecule has 1 saturated heterocycles. The molecule has 3 atom stereocenters. The number of nitrogens with two attached hydrogens (primary N) is 1. The zero-order chi connectivity index (χ0) is 11.4. The maximum Gasteiger partial charge on any atom is 0.0597 e. The Labute approximate surface area is 93.0 Å². The highest BCUT2D eigenvalue weighted by atomic mass is 16.3. The fraction of sp³-hybridized carbons (Fsp3) is 1.00. The van der Waals surface area contributed by atoms with Gasteiger partial charge < -0.3 is 20.6 Å². The summed E-state index contributed by atoms with van der Waals surface area (Å²) < 4.78 is 0. The number of nitrogens with zero attached hydrogens (tertiary/aromatic N) is 2. The van der Waals surface area contributed by atoms with Crippen LogP contribution in [0.15, 0.2) is 0 Å². The molecule has 4 nitrogen and oxygen atoms in total. The van der Waals surface area contributed by atoms with Gasteiger partial charge in [0.15, 0.2) is 0 Å². The topological polar surface area (TPSA) is 52.7 Å². The predicted molar refractivity (Wildman–Crippen MR) is 62.8 cm³/mol. The van der Waals surface area contributed by atoms with Gasteiger partial charge in [-0.25, -0.2) is 0 Å². The first kappa shape index (κ1) is 12.9. The van der Waals surface area contributed by atoms with Crippen LogP contribution in [0.5, 0.6) is 0 Å². The van der Waals surface area contributed by atoms with Crippen LogP contribution < -0.4 is 5.73 Å². The van der Waals surface area contributed by atoms with E-state index >= 15 is 0 Å². The summed E-state index contributed by atoms with van der Waals surface area (Å²) >= 11 is 0. The minimum absolute atomic E-state index is 0.0725. The summed E-state index contributed by atoms with van der Waals surface area (Å²) in [5.41, 5.74) is 5.98. The largest absolute Gasteiger partial charge is 0.395 e. The van der Waals surface area contributed by atoms with Crippen LogP contribution >= 0.6 is 0 Å². The molecule has 1 aliphatic heterocycles. The van der Waals surface area contributed by atoms with E-state index in [4.69, 9.17) is 5.73 Å². The van der Waals surface area contributed by atoms with Gasteiger partial charge in [-0.05, 0) is 46.4 Å². The first-order valence-electron chi connectivity index (χ1n) is 5.77. The molecule has 1 heterocycles. The molecule has 3 N–H and O–H groups in total. The van der Waals surface area contributed by atoms with E-state index in [0.29, 0.717) is 5.92 Å². The van der Waals surface area contributed by atoms with Crippen molar-refractivity contribution in [3.63, 3.8) is 0 Å². The van der Waals surface area contributed by atoms with Crippen molar-refractivity contribution >= 4 is 0 Å². The maximum absolute atomic E-state index is 9.19. The molecule has 0 aliphatic carbocycles. The van der Waals surface area contributed by atoms with Crippen LogP contribution in [0.2, 0.25) is 0 Å². The zero-order valence-corrected chi connectivity index (χ0v) is 10.2. The molecule has 1 aliphatic rings. The van der Waals surface area contributed by atoms with Crippen molar-refractivity contribution in [2.75, 3.05) is 40.8 Å². The summed E-state index contributed by atoms with van der Waals surface area (Å²) in [6, 6.07) is 0.161. The number of hydrogen-bond acceptors (Lipinski definition) is 4. The van der Waals surface area contributed by atoms with Crippen molar-refractivity contribution in [1.82, 2.24) is 9.80 Å². The average molecular weight is 215 g/mol. The van der Waals surface area contributed by atoms with E-state index in [1.807, 2.05) is 0 Å². The summed E-state index contributed by atoms with van der Waals surface area (Å²) in [7, 11) is 6.26. The highest BCUT2D eigenvalue weighted by molar-refractivity contribution is 4.88. The Morgan fingerprint density at radius 2 is 2.20 bits per heavy atom. The van der Waals surface area contributed by atoms with Crippen molar-refractivity contribution in [1.29, 1.82) is 0 Å². The summed E-state index contributed by atoms with van der Waals surface area (Å²) in [4.78, 5) is 4.51. The fourth-order valence-electron chi connectivity index (χ4n) is 2.75. The minimum atomic E-state index is -0.128. The summed E-state index contributed by atoms with van der Waals surface area (Å²) in [6.45, 7) is 2.35. The lowest BCUT2D eigenvalue weighted by Crippen LogP contribution is -2.54. The molecule has 0 spiro atoms. The SMILES string of the molecule is CN1CCCC(C(C(N)CO)N(C)C)C1.